The number of ether oxygens (including phenoxy) is 1. The first-order valence-corrected chi connectivity index (χ1v) is 6.06. The number of aryl methyl sites for hydroxylation is 1. The molecule has 1 aliphatic rings. The largest absolute Gasteiger partial charge is 0.493 e. The number of hydrogen-bond donors (Lipinski definition) is 0. The molecule has 1 atom stereocenters. The number of halogens is 1. The van der Waals surface area contributed by atoms with E-state index in [2.05, 4.69) is 41.1 Å². The molecule has 0 saturated carbocycles. The van der Waals surface area contributed by atoms with E-state index >= 15 is 0 Å². The van der Waals surface area contributed by atoms with Crippen LogP contribution in [0.3, 0.4) is 0 Å². The SMILES string of the molecule is CC(Br)CCc1ccc2c(c1)CCO2. The highest BCUT2D eigenvalue weighted by atomic mass is 79.9. The quantitative estimate of drug-likeness (QED) is 0.753. The fraction of sp³-hybridized carbons (Fsp3) is 0.500. The smallest absolute Gasteiger partial charge is 0.122 e. The van der Waals surface area contributed by atoms with Crippen LogP contribution in [0.1, 0.15) is 24.5 Å². The Balaban J connectivity index is 2.05. The molecule has 0 aromatic heterocycles. The molecular weight excluding hydrogens is 240 g/mol. The van der Waals surface area contributed by atoms with E-state index in [0.29, 0.717) is 4.83 Å². The second kappa shape index (κ2) is 4.35. The number of benzene rings is 1. The van der Waals surface area contributed by atoms with Crippen molar-refractivity contribution in [1.82, 2.24) is 0 Å². The van der Waals surface area contributed by atoms with Gasteiger partial charge >= 0.3 is 0 Å². The molecule has 1 aromatic carbocycles. The van der Waals surface area contributed by atoms with E-state index < -0.39 is 0 Å². The Kier molecular flexibility index (Phi) is 3.12. The minimum atomic E-state index is 0.604. The predicted molar refractivity (Wildman–Crippen MR) is 62.4 cm³/mol. The van der Waals surface area contributed by atoms with Crippen LogP contribution in [0.5, 0.6) is 5.75 Å². The van der Waals surface area contributed by atoms with Gasteiger partial charge < -0.3 is 4.74 Å². The maximum atomic E-state index is 5.47. The van der Waals surface area contributed by atoms with Crippen LogP contribution in [0.25, 0.3) is 0 Å². The van der Waals surface area contributed by atoms with Crippen LogP contribution < -0.4 is 4.74 Å². The van der Waals surface area contributed by atoms with Crippen molar-refractivity contribution in [3.8, 4) is 5.75 Å². The molecule has 2 rings (SSSR count). The molecular formula is C12H15BrO. The average molecular weight is 255 g/mol. The molecule has 76 valence electrons. The molecule has 0 saturated heterocycles. The minimum Gasteiger partial charge on any atom is -0.493 e. The van der Waals surface area contributed by atoms with Crippen molar-refractivity contribution in [3.05, 3.63) is 29.3 Å². The molecule has 0 aliphatic carbocycles. The van der Waals surface area contributed by atoms with Crippen LogP contribution in [0.15, 0.2) is 18.2 Å². The van der Waals surface area contributed by atoms with Crippen LogP contribution in [-0.4, -0.2) is 11.4 Å². The molecule has 1 aromatic rings. The van der Waals surface area contributed by atoms with Gasteiger partial charge in [-0.05, 0) is 30.0 Å². The van der Waals surface area contributed by atoms with Gasteiger partial charge in [-0.25, -0.2) is 0 Å². The summed E-state index contributed by atoms with van der Waals surface area (Å²) in [5.74, 6) is 1.08. The summed E-state index contributed by atoms with van der Waals surface area (Å²) in [5.41, 5.74) is 2.81. The van der Waals surface area contributed by atoms with Gasteiger partial charge in [-0.3, -0.25) is 0 Å². The summed E-state index contributed by atoms with van der Waals surface area (Å²) >= 11 is 3.57. The van der Waals surface area contributed by atoms with Crippen molar-refractivity contribution in [2.24, 2.45) is 0 Å². The highest BCUT2D eigenvalue weighted by Gasteiger charge is 2.11. The van der Waals surface area contributed by atoms with Gasteiger partial charge in [0, 0.05) is 11.2 Å². The first-order chi connectivity index (χ1) is 6.75. The second-order valence-corrected chi connectivity index (χ2v) is 5.42. The Morgan fingerprint density at radius 2 is 2.36 bits per heavy atom. The normalized spacial score (nSPS) is 16.1. The van der Waals surface area contributed by atoms with Gasteiger partial charge in [-0.1, -0.05) is 35.0 Å². The number of rotatable bonds is 3. The Morgan fingerprint density at radius 1 is 1.50 bits per heavy atom. The maximum absolute atomic E-state index is 5.47. The summed E-state index contributed by atoms with van der Waals surface area (Å²) in [4.78, 5) is 0.604. The summed E-state index contributed by atoms with van der Waals surface area (Å²) in [6, 6.07) is 6.58. The Labute approximate surface area is 93.6 Å². The Morgan fingerprint density at radius 3 is 3.14 bits per heavy atom. The third-order valence-corrected chi connectivity index (χ3v) is 3.04. The first kappa shape index (κ1) is 10.0. The maximum Gasteiger partial charge on any atom is 0.122 e. The third-order valence-electron chi connectivity index (χ3n) is 2.58. The van der Waals surface area contributed by atoms with Crippen molar-refractivity contribution in [2.75, 3.05) is 6.61 Å². The van der Waals surface area contributed by atoms with Crippen molar-refractivity contribution >= 4 is 15.9 Å². The molecule has 1 aliphatic heterocycles. The molecule has 0 fully saturated rings. The van der Waals surface area contributed by atoms with Gasteiger partial charge in [0.2, 0.25) is 0 Å². The van der Waals surface area contributed by atoms with E-state index in [-0.39, 0.29) is 0 Å². The standard InChI is InChI=1S/C12H15BrO/c1-9(13)2-3-10-4-5-12-11(8-10)6-7-14-12/h4-5,8-9H,2-3,6-7H2,1H3. The molecule has 1 nitrogen and oxygen atoms in total. The summed E-state index contributed by atoms with van der Waals surface area (Å²) in [6.07, 6.45) is 3.42. The fourth-order valence-corrected chi connectivity index (χ4v) is 1.99. The average Bonchev–Trinajstić information content (AvgIpc) is 2.61. The topological polar surface area (TPSA) is 9.23 Å². The minimum absolute atomic E-state index is 0.604. The zero-order valence-corrected chi connectivity index (χ0v) is 10.0. The van der Waals surface area contributed by atoms with Gasteiger partial charge in [0.15, 0.2) is 0 Å². The molecule has 2 heteroatoms. The lowest BCUT2D eigenvalue weighted by molar-refractivity contribution is 0.357. The molecule has 1 heterocycles. The van der Waals surface area contributed by atoms with Crippen LogP contribution in [0, 0.1) is 0 Å². The predicted octanol–water partition coefficient (Wildman–Crippen LogP) is 3.34. The number of fused-ring (bicyclic) bond motifs is 1. The van der Waals surface area contributed by atoms with E-state index in [1.165, 1.54) is 17.5 Å². The van der Waals surface area contributed by atoms with E-state index in [4.69, 9.17) is 4.74 Å². The Bertz CT molecular complexity index is 320. The fourth-order valence-electron chi connectivity index (χ4n) is 1.76. The number of alkyl halides is 1. The molecule has 0 amide bonds. The van der Waals surface area contributed by atoms with E-state index in [9.17, 15) is 0 Å². The summed E-state index contributed by atoms with van der Waals surface area (Å²) in [5, 5.41) is 0. The van der Waals surface area contributed by atoms with Crippen molar-refractivity contribution < 1.29 is 4.74 Å². The highest BCUT2D eigenvalue weighted by Crippen LogP contribution is 2.26. The molecule has 14 heavy (non-hydrogen) atoms. The van der Waals surface area contributed by atoms with Gasteiger partial charge in [0.25, 0.3) is 0 Å². The van der Waals surface area contributed by atoms with Crippen molar-refractivity contribution in [2.45, 2.75) is 31.0 Å². The third kappa shape index (κ3) is 2.30. The van der Waals surface area contributed by atoms with Crippen molar-refractivity contribution in [1.29, 1.82) is 0 Å². The van der Waals surface area contributed by atoms with E-state index in [1.54, 1.807) is 0 Å². The molecule has 0 radical (unpaired) electrons. The van der Waals surface area contributed by atoms with Gasteiger partial charge in [-0.15, -0.1) is 0 Å². The highest BCUT2D eigenvalue weighted by molar-refractivity contribution is 9.09. The van der Waals surface area contributed by atoms with Gasteiger partial charge in [0.1, 0.15) is 5.75 Å². The van der Waals surface area contributed by atoms with Gasteiger partial charge in [-0.2, -0.15) is 0 Å². The van der Waals surface area contributed by atoms with Crippen LogP contribution >= 0.6 is 15.9 Å². The summed E-state index contributed by atoms with van der Waals surface area (Å²) in [6.45, 7) is 3.05. The van der Waals surface area contributed by atoms with Crippen LogP contribution in [0.2, 0.25) is 0 Å². The first-order valence-electron chi connectivity index (χ1n) is 5.14. The van der Waals surface area contributed by atoms with E-state index in [1.807, 2.05) is 0 Å². The lowest BCUT2D eigenvalue weighted by Gasteiger charge is -2.05. The van der Waals surface area contributed by atoms with E-state index in [0.717, 1.165) is 25.2 Å². The van der Waals surface area contributed by atoms with Crippen LogP contribution in [0.4, 0.5) is 0 Å². The summed E-state index contributed by atoms with van der Waals surface area (Å²) < 4.78 is 5.47. The lowest BCUT2D eigenvalue weighted by Crippen LogP contribution is -1.94. The monoisotopic (exact) mass is 254 g/mol. The molecule has 0 spiro atoms. The zero-order chi connectivity index (χ0) is 9.97. The molecule has 1 unspecified atom stereocenters. The van der Waals surface area contributed by atoms with Gasteiger partial charge in [0.05, 0.1) is 6.61 Å². The van der Waals surface area contributed by atoms with Crippen molar-refractivity contribution in [3.63, 3.8) is 0 Å². The Hall–Kier alpha value is -0.500. The second-order valence-electron chi connectivity index (χ2n) is 3.86. The molecule has 0 N–H and O–H groups in total. The lowest BCUT2D eigenvalue weighted by atomic mass is 10.0. The molecule has 0 bridgehead atoms. The zero-order valence-electron chi connectivity index (χ0n) is 8.42. The summed E-state index contributed by atoms with van der Waals surface area (Å²) in [7, 11) is 0. The number of hydrogen-bond acceptors (Lipinski definition) is 1. The van der Waals surface area contributed by atoms with Crippen LogP contribution in [-0.2, 0) is 12.8 Å².